The normalized spacial score (nSPS) is 14.2. The molecule has 0 unspecified atom stereocenters. The maximum absolute atomic E-state index is 4.40. The molecule has 1 fully saturated rings. The molecule has 0 bridgehead atoms. The molecule has 22 heavy (non-hydrogen) atoms. The van der Waals surface area contributed by atoms with Crippen LogP contribution in [0.2, 0.25) is 0 Å². The second-order valence-corrected chi connectivity index (χ2v) is 6.92. The summed E-state index contributed by atoms with van der Waals surface area (Å²) in [5.41, 5.74) is 1.08. The Morgan fingerprint density at radius 1 is 1.05 bits per heavy atom. The fraction of sp³-hybridized carbons (Fsp3) is 0.200. The van der Waals surface area contributed by atoms with Crippen molar-refractivity contribution in [3.63, 3.8) is 0 Å². The maximum atomic E-state index is 4.40. The van der Waals surface area contributed by atoms with E-state index in [-0.39, 0.29) is 0 Å². The van der Waals surface area contributed by atoms with Crippen molar-refractivity contribution < 1.29 is 0 Å². The highest BCUT2D eigenvalue weighted by molar-refractivity contribution is 9.10. The fourth-order valence-corrected chi connectivity index (χ4v) is 3.16. The summed E-state index contributed by atoms with van der Waals surface area (Å²) in [6.45, 7) is 0. The Morgan fingerprint density at radius 2 is 1.77 bits per heavy atom. The van der Waals surface area contributed by atoms with Crippen molar-refractivity contribution in [3.8, 4) is 5.69 Å². The van der Waals surface area contributed by atoms with Gasteiger partial charge in [-0.2, -0.15) is 0 Å². The summed E-state index contributed by atoms with van der Waals surface area (Å²) in [5, 5.41) is 10.2. The van der Waals surface area contributed by atoms with Crippen LogP contribution in [0, 0.1) is 0 Å². The minimum absolute atomic E-state index is 0.521. The average molecular weight is 374 g/mol. The highest BCUT2D eigenvalue weighted by Crippen LogP contribution is 2.41. The number of nitrogens with zero attached hydrogens (tertiary/aromatic N) is 5. The van der Waals surface area contributed by atoms with Gasteiger partial charge in [-0.3, -0.25) is 4.57 Å². The molecular weight excluding hydrogens is 362 g/mol. The third-order valence-corrected chi connectivity index (χ3v) is 4.64. The number of para-hydroxylation sites is 1. The smallest absolute Gasteiger partial charge is 0.203 e. The molecule has 5 nitrogen and oxygen atoms in total. The predicted octanol–water partition coefficient (Wildman–Crippen LogP) is 3.85. The van der Waals surface area contributed by atoms with Crippen LogP contribution in [-0.4, -0.2) is 24.7 Å². The van der Waals surface area contributed by atoms with Crippen LogP contribution in [0.4, 0.5) is 0 Å². The molecule has 4 rings (SSSR count). The molecule has 0 radical (unpaired) electrons. The Hall–Kier alpha value is -1.73. The van der Waals surface area contributed by atoms with E-state index in [0.29, 0.717) is 11.1 Å². The quantitative estimate of drug-likeness (QED) is 0.650. The lowest BCUT2D eigenvalue weighted by Gasteiger charge is -2.09. The Bertz CT molecular complexity index is 783. The summed E-state index contributed by atoms with van der Waals surface area (Å²) < 4.78 is 2.98. The molecule has 1 aliphatic carbocycles. The molecule has 1 aliphatic rings. The lowest BCUT2D eigenvalue weighted by molar-refractivity contribution is 0.824. The first-order valence-electron chi connectivity index (χ1n) is 6.97. The van der Waals surface area contributed by atoms with E-state index in [0.717, 1.165) is 21.1 Å². The average Bonchev–Trinajstić information content (AvgIpc) is 3.31. The van der Waals surface area contributed by atoms with Gasteiger partial charge < -0.3 is 0 Å². The summed E-state index contributed by atoms with van der Waals surface area (Å²) in [4.78, 5) is 8.60. The van der Waals surface area contributed by atoms with Crippen molar-refractivity contribution in [2.75, 3.05) is 0 Å². The fourth-order valence-electron chi connectivity index (χ4n) is 2.21. The molecule has 7 heteroatoms. The molecule has 2 aromatic heterocycles. The first-order valence-corrected chi connectivity index (χ1v) is 8.58. The van der Waals surface area contributed by atoms with E-state index >= 15 is 0 Å². The molecule has 0 amide bonds. The van der Waals surface area contributed by atoms with Gasteiger partial charge in [-0.25, -0.2) is 9.97 Å². The van der Waals surface area contributed by atoms with Crippen LogP contribution in [0.1, 0.15) is 24.6 Å². The van der Waals surface area contributed by atoms with Gasteiger partial charge in [0.05, 0.1) is 4.47 Å². The van der Waals surface area contributed by atoms with E-state index in [4.69, 9.17) is 0 Å². The van der Waals surface area contributed by atoms with Gasteiger partial charge in [-0.1, -0.05) is 18.2 Å². The highest BCUT2D eigenvalue weighted by Gasteiger charge is 2.31. The van der Waals surface area contributed by atoms with Crippen LogP contribution in [0.25, 0.3) is 5.69 Å². The van der Waals surface area contributed by atoms with Crippen LogP contribution >= 0.6 is 27.7 Å². The second-order valence-electron chi connectivity index (χ2n) is 5.07. The van der Waals surface area contributed by atoms with E-state index in [1.165, 1.54) is 24.6 Å². The topological polar surface area (TPSA) is 56.5 Å². The number of benzene rings is 1. The molecule has 0 spiro atoms. The zero-order chi connectivity index (χ0) is 14.9. The Balaban J connectivity index is 1.74. The molecular formula is C15H12BrN5S. The molecule has 1 saturated carbocycles. The van der Waals surface area contributed by atoms with Gasteiger partial charge in [0.2, 0.25) is 5.16 Å². The highest BCUT2D eigenvalue weighted by atomic mass is 79.9. The van der Waals surface area contributed by atoms with Crippen LogP contribution in [0.15, 0.2) is 57.5 Å². The minimum Gasteiger partial charge on any atom is -0.273 e. The Labute approximate surface area is 140 Å². The molecule has 1 aromatic carbocycles. The van der Waals surface area contributed by atoms with Crippen molar-refractivity contribution in [2.24, 2.45) is 0 Å². The maximum Gasteiger partial charge on any atom is 0.203 e. The van der Waals surface area contributed by atoms with Crippen LogP contribution in [-0.2, 0) is 0 Å². The first-order chi connectivity index (χ1) is 10.8. The van der Waals surface area contributed by atoms with Crippen molar-refractivity contribution in [2.45, 2.75) is 29.1 Å². The minimum atomic E-state index is 0.521. The van der Waals surface area contributed by atoms with E-state index in [2.05, 4.69) is 52.8 Å². The van der Waals surface area contributed by atoms with Crippen molar-refractivity contribution in [3.05, 3.63) is 53.0 Å². The van der Waals surface area contributed by atoms with Gasteiger partial charge in [-0.15, -0.1) is 10.2 Å². The zero-order valence-electron chi connectivity index (χ0n) is 11.6. The van der Waals surface area contributed by atoms with Crippen LogP contribution < -0.4 is 0 Å². The predicted molar refractivity (Wildman–Crippen MR) is 87.2 cm³/mol. The first kappa shape index (κ1) is 13.9. The van der Waals surface area contributed by atoms with E-state index in [1.807, 2.05) is 18.2 Å². The van der Waals surface area contributed by atoms with Gasteiger partial charge in [0.1, 0.15) is 5.82 Å². The lowest BCUT2D eigenvalue weighted by Crippen LogP contribution is -2.01. The summed E-state index contributed by atoms with van der Waals surface area (Å²) in [6.07, 6.45) is 5.84. The Morgan fingerprint density at radius 3 is 2.45 bits per heavy atom. The third-order valence-electron chi connectivity index (χ3n) is 3.39. The number of hydrogen-bond acceptors (Lipinski definition) is 5. The van der Waals surface area contributed by atoms with Gasteiger partial charge in [0.25, 0.3) is 0 Å². The molecule has 110 valence electrons. The number of aromatic nitrogens is 5. The lowest BCUT2D eigenvalue weighted by atomic mass is 10.3. The number of hydrogen-bond donors (Lipinski definition) is 0. The van der Waals surface area contributed by atoms with Gasteiger partial charge in [-0.05, 0) is 52.7 Å². The monoisotopic (exact) mass is 373 g/mol. The standard InChI is InChI=1S/C15H12BrN5S/c16-11-8-17-14(18-9-11)22-15-20-19-13(10-6-7-10)21(15)12-4-2-1-3-5-12/h1-5,8-10H,6-7H2. The molecule has 0 N–H and O–H groups in total. The largest absolute Gasteiger partial charge is 0.273 e. The van der Waals surface area contributed by atoms with Crippen molar-refractivity contribution >= 4 is 27.7 Å². The third kappa shape index (κ3) is 2.78. The summed E-state index contributed by atoms with van der Waals surface area (Å²) >= 11 is 4.78. The summed E-state index contributed by atoms with van der Waals surface area (Å²) in [6, 6.07) is 10.2. The Kier molecular flexibility index (Phi) is 3.67. The molecule has 3 aromatic rings. The number of rotatable bonds is 4. The van der Waals surface area contributed by atoms with E-state index < -0.39 is 0 Å². The zero-order valence-corrected chi connectivity index (χ0v) is 14.0. The van der Waals surface area contributed by atoms with Crippen molar-refractivity contribution in [1.29, 1.82) is 0 Å². The summed E-state index contributed by atoms with van der Waals surface area (Å²) in [7, 11) is 0. The van der Waals surface area contributed by atoms with Crippen LogP contribution in [0.3, 0.4) is 0 Å². The molecule has 2 heterocycles. The van der Waals surface area contributed by atoms with Gasteiger partial charge in [0.15, 0.2) is 5.16 Å². The van der Waals surface area contributed by atoms with Gasteiger partial charge in [0, 0.05) is 24.0 Å². The molecule has 0 aliphatic heterocycles. The summed E-state index contributed by atoms with van der Waals surface area (Å²) in [5.74, 6) is 1.55. The molecule has 0 atom stereocenters. The molecule has 0 saturated heterocycles. The van der Waals surface area contributed by atoms with Crippen LogP contribution in [0.5, 0.6) is 0 Å². The van der Waals surface area contributed by atoms with Crippen molar-refractivity contribution in [1.82, 2.24) is 24.7 Å². The van der Waals surface area contributed by atoms with Gasteiger partial charge >= 0.3 is 0 Å². The van der Waals surface area contributed by atoms with E-state index in [9.17, 15) is 0 Å². The second kappa shape index (κ2) is 5.81. The van der Waals surface area contributed by atoms with E-state index in [1.54, 1.807) is 12.4 Å². The SMILES string of the molecule is Brc1cnc(Sc2nnc(C3CC3)n2-c2ccccc2)nc1. The number of halogens is 1.